The van der Waals surface area contributed by atoms with Crippen LogP contribution in [0.2, 0.25) is 0 Å². The number of alkyl halides is 1. The summed E-state index contributed by atoms with van der Waals surface area (Å²) in [5, 5.41) is 0. The maximum Gasteiger partial charge on any atom is 0.149 e. The lowest BCUT2D eigenvalue weighted by Crippen LogP contribution is -2.12. The molecule has 0 N–H and O–H groups in total. The van der Waals surface area contributed by atoms with E-state index < -0.39 is 0 Å². The van der Waals surface area contributed by atoms with Crippen molar-refractivity contribution in [3.05, 3.63) is 0 Å². The molecule has 1 saturated carbocycles. The molecule has 0 aromatic carbocycles. The van der Waals surface area contributed by atoms with E-state index >= 15 is 0 Å². The van der Waals surface area contributed by atoms with E-state index in [1.54, 1.807) is 0 Å². The SMILES string of the molecule is CCC1CCC(Br)C1=O. The number of ketones is 1. The molecule has 0 saturated heterocycles. The van der Waals surface area contributed by atoms with E-state index in [0.717, 1.165) is 19.3 Å². The summed E-state index contributed by atoms with van der Waals surface area (Å²) in [6.45, 7) is 2.08. The van der Waals surface area contributed by atoms with Crippen molar-refractivity contribution in [2.24, 2.45) is 5.92 Å². The minimum Gasteiger partial charge on any atom is -0.298 e. The maximum atomic E-state index is 11.1. The summed E-state index contributed by atoms with van der Waals surface area (Å²) in [4.78, 5) is 11.3. The standard InChI is InChI=1S/C7H11BrO/c1-2-5-3-4-6(8)7(5)9/h5-6H,2-4H2,1H3. The van der Waals surface area contributed by atoms with Crippen molar-refractivity contribution in [3.63, 3.8) is 0 Å². The van der Waals surface area contributed by atoms with Crippen molar-refractivity contribution in [2.45, 2.75) is 31.0 Å². The highest BCUT2D eigenvalue weighted by Crippen LogP contribution is 2.28. The van der Waals surface area contributed by atoms with Crippen LogP contribution in [-0.2, 0) is 4.79 Å². The van der Waals surface area contributed by atoms with Crippen molar-refractivity contribution in [3.8, 4) is 0 Å². The van der Waals surface area contributed by atoms with Crippen LogP contribution in [0.5, 0.6) is 0 Å². The highest BCUT2D eigenvalue weighted by Gasteiger charge is 2.30. The van der Waals surface area contributed by atoms with Crippen LogP contribution < -0.4 is 0 Å². The molecule has 0 aliphatic heterocycles. The van der Waals surface area contributed by atoms with Crippen molar-refractivity contribution in [1.82, 2.24) is 0 Å². The average Bonchev–Trinajstić information content (AvgIpc) is 2.15. The van der Waals surface area contributed by atoms with Crippen LogP contribution in [0.3, 0.4) is 0 Å². The third-order valence-corrected chi connectivity index (χ3v) is 2.88. The van der Waals surface area contributed by atoms with E-state index in [9.17, 15) is 4.79 Å². The molecule has 2 heteroatoms. The van der Waals surface area contributed by atoms with Gasteiger partial charge in [0.25, 0.3) is 0 Å². The smallest absolute Gasteiger partial charge is 0.149 e. The van der Waals surface area contributed by atoms with Gasteiger partial charge in [-0.25, -0.2) is 0 Å². The quantitative estimate of drug-likeness (QED) is 0.580. The number of carbonyl (C=O) groups excluding carboxylic acids is 1. The van der Waals surface area contributed by atoms with Gasteiger partial charge in [-0.2, -0.15) is 0 Å². The van der Waals surface area contributed by atoms with Crippen LogP contribution >= 0.6 is 15.9 Å². The fourth-order valence-corrected chi connectivity index (χ4v) is 1.93. The molecule has 52 valence electrons. The fraction of sp³-hybridized carbons (Fsp3) is 0.857. The molecule has 1 aliphatic rings. The average molecular weight is 191 g/mol. The van der Waals surface area contributed by atoms with Crippen molar-refractivity contribution < 1.29 is 4.79 Å². The normalized spacial score (nSPS) is 35.6. The predicted octanol–water partition coefficient (Wildman–Crippen LogP) is 2.14. The zero-order chi connectivity index (χ0) is 6.85. The second kappa shape index (κ2) is 2.82. The van der Waals surface area contributed by atoms with Crippen LogP contribution in [0, 0.1) is 5.92 Å². The van der Waals surface area contributed by atoms with Crippen LogP contribution in [0.25, 0.3) is 0 Å². The van der Waals surface area contributed by atoms with Gasteiger partial charge >= 0.3 is 0 Å². The van der Waals surface area contributed by atoms with Gasteiger partial charge in [0.1, 0.15) is 5.78 Å². The van der Waals surface area contributed by atoms with Crippen LogP contribution in [0.1, 0.15) is 26.2 Å². The topological polar surface area (TPSA) is 17.1 Å². The third kappa shape index (κ3) is 1.34. The van der Waals surface area contributed by atoms with E-state index in [2.05, 4.69) is 22.9 Å². The Morgan fingerprint density at radius 3 is 2.56 bits per heavy atom. The molecule has 9 heavy (non-hydrogen) atoms. The first kappa shape index (κ1) is 7.26. The predicted molar refractivity (Wildman–Crippen MR) is 40.7 cm³/mol. The van der Waals surface area contributed by atoms with Crippen LogP contribution in [0.15, 0.2) is 0 Å². The number of halogens is 1. The minimum atomic E-state index is 0.169. The first-order valence-corrected chi connectivity index (χ1v) is 4.35. The molecule has 0 bridgehead atoms. The molecule has 1 rings (SSSR count). The Morgan fingerprint density at radius 1 is 1.67 bits per heavy atom. The van der Waals surface area contributed by atoms with Gasteiger partial charge in [-0.05, 0) is 19.3 Å². The number of hydrogen-bond donors (Lipinski definition) is 0. The summed E-state index contributed by atoms with van der Waals surface area (Å²) < 4.78 is 0. The molecule has 1 aliphatic carbocycles. The number of hydrogen-bond acceptors (Lipinski definition) is 1. The Kier molecular flexibility index (Phi) is 2.28. The lowest BCUT2D eigenvalue weighted by Gasteiger charge is -2.00. The Labute approximate surface area is 64.0 Å². The summed E-state index contributed by atoms with van der Waals surface area (Å²) in [5.74, 6) is 0.770. The van der Waals surface area contributed by atoms with E-state index in [1.807, 2.05) is 0 Å². The van der Waals surface area contributed by atoms with E-state index in [0.29, 0.717) is 11.7 Å². The fourth-order valence-electron chi connectivity index (χ4n) is 1.29. The van der Waals surface area contributed by atoms with Gasteiger partial charge < -0.3 is 0 Å². The number of rotatable bonds is 1. The Balaban J connectivity index is 2.51. The summed E-state index contributed by atoms with van der Waals surface area (Å²) in [7, 11) is 0. The van der Waals surface area contributed by atoms with Gasteiger partial charge in [0.2, 0.25) is 0 Å². The zero-order valence-electron chi connectivity index (χ0n) is 5.56. The van der Waals surface area contributed by atoms with Gasteiger partial charge in [-0.15, -0.1) is 0 Å². The summed E-state index contributed by atoms with van der Waals surface area (Å²) in [5.41, 5.74) is 0. The number of Topliss-reactive ketones (excluding diaryl/α,β-unsaturated/α-hetero) is 1. The Hall–Kier alpha value is 0.150. The molecular weight excluding hydrogens is 180 g/mol. The van der Waals surface area contributed by atoms with Crippen molar-refractivity contribution in [1.29, 1.82) is 0 Å². The Bertz CT molecular complexity index is 122. The van der Waals surface area contributed by atoms with Gasteiger partial charge in [0.05, 0.1) is 4.83 Å². The molecule has 0 heterocycles. The number of carbonyl (C=O) groups is 1. The molecule has 0 radical (unpaired) electrons. The van der Waals surface area contributed by atoms with Crippen molar-refractivity contribution >= 4 is 21.7 Å². The minimum absolute atomic E-state index is 0.169. The molecule has 2 unspecified atom stereocenters. The Morgan fingerprint density at radius 2 is 2.33 bits per heavy atom. The molecule has 2 atom stereocenters. The van der Waals surface area contributed by atoms with E-state index in [-0.39, 0.29) is 4.83 Å². The molecule has 0 aromatic heterocycles. The first-order valence-electron chi connectivity index (χ1n) is 3.43. The molecular formula is C7H11BrO. The van der Waals surface area contributed by atoms with E-state index in [4.69, 9.17) is 0 Å². The van der Waals surface area contributed by atoms with Gasteiger partial charge in [-0.3, -0.25) is 4.79 Å². The zero-order valence-corrected chi connectivity index (χ0v) is 7.15. The van der Waals surface area contributed by atoms with Crippen LogP contribution in [-0.4, -0.2) is 10.6 Å². The lowest BCUT2D eigenvalue weighted by atomic mass is 10.1. The van der Waals surface area contributed by atoms with Crippen molar-refractivity contribution in [2.75, 3.05) is 0 Å². The third-order valence-electron chi connectivity index (χ3n) is 1.97. The summed E-state index contributed by atoms with van der Waals surface area (Å²) in [6, 6.07) is 0. The summed E-state index contributed by atoms with van der Waals surface area (Å²) in [6.07, 6.45) is 3.14. The molecule has 1 fully saturated rings. The maximum absolute atomic E-state index is 11.1. The molecule has 1 nitrogen and oxygen atoms in total. The summed E-state index contributed by atoms with van der Waals surface area (Å²) >= 11 is 3.34. The van der Waals surface area contributed by atoms with Gasteiger partial charge in [-0.1, -0.05) is 22.9 Å². The molecule has 0 aromatic rings. The monoisotopic (exact) mass is 190 g/mol. The second-order valence-corrected chi connectivity index (χ2v) is 3.66. The van der Waals surface area contributed by atoms with E-state index in [1.165, 1.54) is 0 Å². The van der Waals surface area contributed by atoms with Gasteiger partial charge in [0.15, 0.2) is 0 Å². The largest absolute Gasteiger partial charge is 0.298 e. The van der Waals surface area contributed by atoms with Gasteiger partial charge in [0, 0.05) is 5.92 Å². The highest BCUT2D eigenvalue weighted by atomic mass is 79.9. The molecule has 0 spiro atoms. The highest BCUT2D eigenvalue weighted by molar-refractivity contribution is 9.10. The second-order valence-electron chi connectivity index (χ2n) is 2.55. The van der Waals surface area contributed by atoms with Crippen LogP contribution in [0.4, 0.5) is 0 Å². The lowest BCUT2D eigenvalue weighted by molar-refractivity contribution is -0.120. The molecule has 0 amide bonds. The first-order chi connectivity index (χ1) is 4.25.